The fourth-order valence-corrected chi connectivity index (χ4v) is 1.86. The Bertz CT molecular complexity index is 248. The van der Waals surface area contributed by atoms with Crippen molar-refractivity contribution in [1.29, 1.82) is 0 Å². The maximum absolute atomic E-state index is 10.8. The highest BCUT2D eigenvalue weighted by Gasteiger charge is 2.07. The summed E-state index contributed by atoms with van der Waals surface area (Å²) >= 11 is 3.37. The third kappa shape index (κ3) is 1.66. The van der Waals surface area contributed by atoms with Gasteiger partial charge in [-0.15, -0.1) is 11.3 Å². The average Bonchev–Trinajstić information content (AvgIpc) is 2.34. The number of esters is 1. The highest BCUT2D eigenvalue weighted by atomic mass is 127. The zero-order valence-corrected chi connectivity index (χ0v) is 8.10. The van der Waals surface area contributed by atoms with E-state index in [2.05, 4.69) is 9.72 Å². The summed E-state index contributed by atoms with van der Waals surface area (Å²) in [4.78, 5) is 15.2. The van der Waals surface area contributed by atoms with Crippen molar-refractivity contribution in [3.05, 3.63) is 14.1 Å². The molecule has 1 heterocycles. The van der Waals surface area contributed by atoms with Crippen molar-refractivity contribution < 1.29 is 9.53 Å². The molecule has 1 rings (SSSR count). The number of carbonyl (C=O) groups excluding carboxylic acids is 1. The van der Waals surface area contributed by atoms with Gasteiger partial charge in [-0.05, 0) is 22.6 Å². The SMILES string of the molecule is COC(=O)c1cnc(I)s1. The minimum absolute atomic E-state index is 0.319. The highest BCUT2D eigenvalue weighted by Crippen LogP contribution is 2.14. The largest absolute Gasteiger partial charge is 0.465 e. The number of ether oxygens (including phenoxy) is 1. The van der Waals surface area contributed by atoms with E-state index >= 15 is 0 Å². The molecule has 0 unspecified atom stereocenters. The molecule has 5 heteroatoms. The number of aromatic nitrogens is 1. The van der Waals surface area contributed by atoms with Gasteiger partial charge in [-0.25, -0.2) is 9.78 Å². The molecule has 1 aromatic heterocycles. The highest BCUT2D eigenvalue weighted by molar-refractivity contribution is 14.1. The molecule has 54 valence electrons. The Hall–Kier alpha value is -0.170. The van der Waals surface area contributed by atoms with Gasteiger partial charge in [0.2, 0.25) is 0 Å². The fourth-order valence-electron chi connectivity index (χ4n) is 0.448. The van der Waals surface area contributed by atoms with Crippen LogP contribution in [0.4, 0.5) is 0 Å². The molecule has 0 radical (unpaired) electrons. The number of thiazole rings is 1. The normalized spacial score (nSPS) is 9.40. The van der Waals surface area contributed by atoms with E-state index in [4.69, 9.17) is 0 Å². The molecule has 0 spiro atoms. The second kappa shape index (κ2) is 3.29. The van der Waals surface area contributed by atoms with Gasteiger partial charge in [-0.1, -0.05) is 0 Å². The van der Waals surface area contributed by atoms with Crippen LogP contribution in [0.3, 0.4) is 0 Å². The minimum Gasteiger partial charge on any atom is -0.465 e. The molecule has 0 amide bonds. The van der Waals surface area contributed by atoms with Gasteiger partial charge in [0, 0.05) is 0 Å². The number of methoxy groups -OCH3 is 1. The Kier molecular flexibility index (Phi) is 2.61. The summed E-state index contributed by atoms with van der Waals surface area (Å²) in [6.07, 6.45) is 1.51. The zero-order valence-electron chi connectivity index (χ0n) is 5.13. The smallest absolute Gasteiger partial charge is 0.349 e. The molecule has 0 aromatic carbocycles. The lowest BCUT2D eigenvalue weighted by Gasteiger charge is -1.89. The third-order valence-electron chi connectivity index (χ3n) is 0.864. The summed E-state index contributed by atoms with van der Waals surface area (Å²) < 4.78 is 5.32. The molecule has 0 bridgehead atoms. The molecular formula is C5H4INO2S. The maximum atomic E-state index is 10.8. The van der Waals surface area contributed by atoms with Crippen LogP contribution in [0.25, 0.3) is 0 Å². The lowest BCUT2D eigenvalue weighted by Crippen LogP contribution is -1.96. The Morgan fingerprint density at radius 2 is 2.60 bits per heavy atom. The second-order valence-electron chi connectivity index (χ2n) is 1.47. The van der Waals surface area contributed by atoms with E-state index in [1.165, 1.54) is 24.6 Å². The molecule has 0 fully saturated rings. The summed E-state index contributed by atoms with van der Waals surface area (Å²) in [5.41, 5.74) is 0. The molecule has 0 saturated heterocycles. The Labute approximate surface area is 75.6 Å². The van der Waals surface area contributed by atoms with Gasteiger partial charge in [-0.2, -0.15) is 0 Å². The number of nitrogens with zero attached hydrogens (tertiary/aromatic N) is 1. The van der Waals surface area contributed by atoms with Gasteiger partial charge in [-0.3, -0.25) is 0 Å². The summed E-state index contributed by atoms with van der Waals surface area (Å²) in [7, 11) is 1.36. The molecule has 0 atom stereocenters. The number of hydrogen-bond acceptors (Lipinski definition) is 4. The maximum Gasteiger partial charge on any atom is 0.349 e. The summed E-state index contributed by atoms with van der Waals surface area (Å²) in [5.74, 6) is -0.319. The monoisotopic (exact) mass is 269 g/mol. The van der Waals surface area contributed by atoms with E-state index in [-0.39, 0.29) is 5.97 Å². The molecule has 0 N–H and O–H groups in total. The fraction of sp³-hybridized carbons (Fsp3) is 0.200. The second-order valence-corrected chi connectivity index (χ2v) is 4.25. The Morgan fingerprint density at radius 1 is 1.90 bits per heavy atom. The standard InChI is InChI=1S/C5H4INO2S/c1-9-4(8)3-2-7-5(6)10-3/h2H,1H3. The van der Waals surface area contributed by atoms with Crippen molar-refractivity contribution in [2.45, 2.75) is 0 Å². The number of rotatable bonds is 1. The van der Waals surface area contributed by atoms with E-state index in [0.29, 0.717) is 4.88 Å². The predicted molar refractivity (Wildman–Crippen MR) is 46.2 cm³/mol. The van der Waals surface area contributed by atoms with Crippen LogP contribution in [0.15, 0.2) is 6.20 Å². The van der Waals surface area contributed by atoms with Gasteiger partial charge >= 0.3 is 5.97 Å². The first-order chi connectivity index (χ1) is 4.74. The van der Waals surface area contributed by atoms with Crippen molar-refractivity contribution in [3.63, 3.8) is 0 Å². The first kappa shape index (κ1) is 7.93. The lowest BCUT2D eigenvalue weighted by molar-refractivity contribution is 0.0606. The molecular weight excluding hydrogens is 265 g/mol. The molecule has 1 aromatic rings. The van der Waals surface area contributed by atoms with E-state index in [9.17, 15) is 4.79 Å². The summed E-state index contributed by atoms with van der Waals surface area (Å²) in [5, 5.41) is 0. The Balaban J connectivity index is 2.85. The molecule has 0 aliphatic carbocycles. The van der Waals surface area contributed by atoms with Crippen LogP contribution in [-0.4, -0.2) is 18.1 Å². The Morgan fingerprint density at radius 3 is 3.00 bits per heavy atom. The lowest BCUT2D eigenvalue weighted by atomic mass is 10.6. The van der Waals surface area contributed by atoms with Crippen LogP contribution in [0.2, 0.25) is 0 Å². The number of hydrogen-bond donors (Lipinski definition) is 0. The van der Waals surface area contributed by atoms with Crippen molar-refractivity contribution in [2.24, 2.45) is 0 Å². The molecule has 0 aliphatic heterocycles. The zero-order chi connectivity index (χ0) is 7.56. The van der Waals surface area contributed by atoms with Gasteiger partial charge in [0.05, 0.1) is 13.3 Å². The quantitative estimate of drug-likeness (QED) is 0.573. The van der Waals surface area contributed by atoms with E-state index in [1.54, 1.807) is 0 Å². The average molecular weight is 269 g/mol. The number of halogens is 1. The van der Waals surface area contributed by atoms with Crippen molar-refractivity contribution in [3.8, 4) is 0 Å². The van der Waals surface area contributed by atoms with Crippen molar-refractivity contribution in [1.82, 2.24) is 4.98 Å². The molecule has 0 saturated carbocycles. The van der Waals surface area contributed by atoms with Crippen LogP contribution in [-0.2, 0) is 4.74 Å². The van der Waals surface area contributed by atoms with Crippen molar-refractivity contribution >= 4 is 39.9 Å². The molecule has 10 heavy (non-hydrogen) atoms. The van der Waals surface area contributed by atoms with E-state index in [0.717, 1.165) is 3.01 Å². The van der Waals surface area contributed by atoms with Gasteiger partial charge < -0.3 is 4.74 Å². The van der Waals surface area contributed by atoms with Crippen molar-refractivity contribution in [2.75, 3.05) is 7.11 Å². The topological polar surface area (TPSA) is 39.2 Å². The van der Waals surface area contributed by atoms with E-state index in [1.807, 2.05) is 22.6 Å². The van der Waals surface area contributed by atoms with E-state index < -0.39 is 0 Å². The molecule has 0 aliphatic rings. The summed E-state index contributed by atoms with van der Waals surface area (Å²) in [6.45, 7) is 0. The van der Waals surface area contributed by atoms with Crippen LogP contribution in [0, 0.1) is 3.01 Å². The minimum atomic E-state index is -0.319. The van der Waals surface area contributed by atoms with Crippen LogP contribution < -0.4 is 0 Å². The van der Waals surface area contributed by atoms with Crippen LogP contribution >= 0.6 is 33.9 Å². The van der Waals surface area contributed by atoms with Gasteiger partial charge in [0.15, 0.2) is 3.01 Å². The third-order valence-corrected chi connectivity index (χ3v) is 2.57. The van der Waals surface area contributed by atoms with Crippen LogP contribution in [0.1, 0.15) is 9.67 Å². The predicted octanol–water partition coefficient (Wildman–Crippen LogP) is 1.53. The summed E-state index contributed by atoms with van der Waals surface area (Å²) in [6, 6.07) is 0. The molecule has 3 nitrogen and oxygen atoms in total. The van der Waals surface area contributed by atoms with Gasteiger partial charge in [0.1, 0.15) is 4.88 Å². The van der Waals surface area contributed by atoms with Crippen LogP contribution in [0.5, 0.6) is 0 Å². The first-order valence-corrected chi connectivity index (χ1v) is 4.33. The first-order valence-electron chi connectivity index (χ1n) is 2.43. The number of carbonyl (C=O) groups is 1. The van der Waals surface area contributed by atoms with Gasteiger partial charge in [0.25, 0.3) is 0 Å².